The molecular weight excluding hydrogens is 148 g/mol. The fourth-order valence-electron chi connectivity index (χ4n) is 1.97. The smallest absolute Gasteiger partial charge is 0.0764 e. The summed E-state index contributed by atoms with van der Waals surface area (Å²) in [5.74, 6) is 0. The summed E-state index contributed by atoms with van der Waals surface area (Å²) in [6.07, 6.45) is 9.66. The Labute approximate surface area is 73.8 Å². The molecule has 0 aromatic heterocycles. The molecule has 1 saturated carbocycles. The summed E-state index contributed by atoms with van der Waals surface area (Å²) in [7, 11) is 0. The highest BCUT2D eigenvalue weighted by molar-refractivity contribution is 5.91. The molecule has 0 aromatic carbocycles. The highest BCUT2D eigenvalue weighted by atomic mass is 14.9. The minimum atomic E-state index is 0.647. The van der Waals surface area contributed by atoms with Crippen LogP contribution in [0.15, 0.2) is 9.98 Å². The molecule has 0 N–H and O–H groups in total. The Morgan fingerprint density at radius 1 is 1.33 bits per heavy atom. The molecule has 66 valence electrons. The van der Waals surface area contributed by atoms with Gasteiger partial charge in [-0.25, -0.2) is 0 Å². The molecule has 0 atom stereocenters. The fraction of sp³-hybridized carbons (Fsp3) is 0.800. The second kappa shape index (κ2) is 3.83. The summed E-state index contributed by atoms with van der Waals surface area (Å²) in [5, 5.41) is 0. The molecule has 2 rings (SSSR count). The van der Waals surface area contributed by atoms with Crippen LogP contribution in [-0.4, -0.2) is 24.5 Å². The van der Waals surface area contributed by atoms with Crippen LogP contribution in [0, 0.1) is 0 Å². The fourth-order valence-corrected chi connectivity index (χ4v) is 1.97. The second-order valence-corrected chi connectivity index (χ2v) is 3.70. The van der Waals surface area contributed by atoms with Crippen LogP contribution in [0.2, 0.25) is 0 Å². The zero-order valence-corrected chi connectivity index (χ0v) is 7.50. The zero-order valence-electron chi connectivity index (χ0n) is 7.50. The maximum Gasteiger partial charge on any atom is 0.0764 e. The Bertz CT molecular complexity index is 200. The largest absolute Gasteiger partial charge is 0.292 e. The SMILES string of the molecule is C1=NCC(=NC2CCCC2)CC1. The van der Waals surface area contributed by atoms with Crippen LogP contribution in [0.25, 0.3) is 0 Å². The van der Waals surface area contributed by atoms with E-state index in [1.807, 2.05) is 6.21 Å². The number of rotatable bonds is 1. The Balaban J connectivity index is 1.92. The lowest BCUT2D eigenvalue weighted by atomic mass is 10.1. The Kier molecular flexibility index (Phi) is 2.54. The molecule has 2 heteroatoms. The van der Waals surface area contributed by atoms with E-state index in [-0.39, 0.29) is 0 Å². The number of aliphatic imine (C=N–C) groups is 2. The van der Waals surface area contributed by atoms with Gasteiger partial charge in [0.15, 0.2) is 0 Å². The Morgan fingerprint density at radius 3 is 2.83 bits per heavy atom. The molecule has 1 aliphatic heterocycles. The molecule has 0 radical (unpaired) electrons. The maximum absolute atomic E-state index is 4.74. The normalized spacial score (nSPS) is 28.5. The number of hydrogen-bond acceptors (Lipinski definition) is 2. The van der Waals surface area contributed by atoms with Gasteiger partial charge in [0.1, 0.15) is 0 Å². The van der Waals surface area contributed by atoms with Crippen LogP contribution in [0.1, 0.15) is 38.5 Å². The van der Waals surface area contributed by atoms with Gasteiger partial charge < -0.3 is 0 Å². The van der Waals surface area contributed by atoms with Gasteiger partial charge in [0.25, 0.3) is 0 Å². The van der Waals surface area contributed by atoms with Crippen LogP contribution in [0.4, 0.5) is 0 Å². The first-order valence-electron chi connectivity index (χ1n) is 4.99. The van der Waals surface area contributed by atoms with Crippen LogP contribution in [0.3, 0.4) is 0 Å². The monoisotopic (exact) mass is 164 g/mol. The molecule has 12 heavy (non-hydrogen) atoms. The molecule has 1 aliphatic carbocycles. The Morgan fingerprint density at radius 2 is 2.17 bits per heavy atom. The molecule has 0 amide bonds. The number of nitrogens with zero attached hydrogens (tertiary/aromatic N) is 2. The summed E-state index contributed by atoms with van der Waals surface area (Å²) in [6.45, 7) is 0.872. The van der Waals surface area contributed by atoms with E-state index in [9.17, 15) is 0 Å². The van der Waals surface area contributed by atoms with Crippen molar-refractivity contribution in [2.45, 2.75) is 44.6 Å². The van der Waals surface area contributed by atoms with E-state index >= 15 is 0 Å². The van der Waals surface area contributed by atoms with Crippen molar-refractivity contribution in [3.8, 4) is 0 Å². The third-order valence-corrected chi connectivity index (χ3v) is 2.65. The first-order valence-corrected chi connectivity index (χ1v) is 4.99. The standard InChI is InChI=1S/C10H16N2/c1-2-5-9(4-1)12-10-6-3-7-11-8-10/h7,9H,1-6,8H2. The molecule has 1 fully saturated rings. The van der Waals surface area contributed by atoms with E-state index in [4.69, 9.17) is 4.99 Å². The van der Waals surface area contributed by atoms with Gasteiger partial charge in [-0.3, -0.25) is 9.98 Å². The van der Waals surface area contributed by atoms with Crippen molar-refractivity contribution < 1.29 is 0 Å². The summed E-state index contributed by atoms with van der Waals surface area (Å²) < 4.78 is 0. The average Bonchev–Trinajstić information content (AvgIpc) is 2.59. The van der Waals surface area contributed by atoms with Gasteiger partial charge in [0.2, 0.25) is 0 Å². The predicted octanol–water partition coefficient (Wildman–Crippen LogP) is 2.23. The first-order chi connectivity index (χ1) is 5.95. The summed E-state index contributed by atoms with van der Waals surface area (Å²) in [5.41, 5.74) is 1.34. The molecular formula is C10H16N2. The van der Waals surface area contributed by atoms with E-state index in [1.165, 1.54) is 31.4 Å². The second-order valence-electron chi connectivity index (χ2n) is 3.70. The van der Waals surface area contributed by atoms with E-state index in [0.717, 1.165) is 19.4 Å². The third-order valence-electron chi connectivity index (χ3n) is 2.65. The van der Waals surface area contributed by atoms with Crippen molar-refractivity contribution in [2.24, 2.45) is 9.98 Å². The van der Waals surface area contributed by atoms with Crippen LogP contribution in [0.5, 0.6) is 0 Å². The predicted molar refractivity (Wildman–Crippen MR) is 52.3 cm³/mol. The first kappa shape index (κ1) is 7.96. The van der Waals surface area contributed by atoms with Gasteiger partial charge in [-0.1, -0.05) is 12.8 Å². The third kappa shape index (κ3) is 1.93. The minimum absolute atomic E-state index is 0.647. The van der Waals surface area contributed by atoms with Gasteiger partial charge in [0, 0.05) is 11.8 Å². The zero-order chi connectivity index (χ0) is 8.23. The van der Waals surface area contributed by atoms with Crippen molar-refractivity contribution >= 4 is 11.9 Å². The molecule has 0 bridgehead atoms. The summed E-state index contributed by atoms with van der Waals surface area (Å²) >= 11 is 0. The Hall–Kier alpha value is -0.660. The lowest BCUT2D eigenvalue weighted by Crippen LogP contribution is -2.12. The summed E-state index contributed by atoms with van der Waals surface area (Å²) in [6, 6.07) is 0.647. The maximum atomic E-state index is 4.74. The van der Waals surface area contributed by atoms with Gasteiger partial charge in [-0.05, 0) is 31.9 Å². The molecule has 0 saturated heterocycles. The lowest BCUT2D eigenvalue weighted by Gasteiger charge is -2.09. The van der Waals surface area contributed by atoms with Gasteiger partial charge in [-0.2, -0.15) is 0 Å². The molecule has 2 aliphatic rings. The minimum Gasteiger partial charge on any atom is -0.292 e. The lowest BCUT2D eigenvalue weighted by molar-refractivity contribution is 0.701. The highest BCUT2D eigenvalue weighted by Crippen LogP contribution is 2.21. The van der Waals surface area contributed by atoms with Crippen molar-refractivity contribution in [3.05, 3.63) is 0 Å². The van der Waals surface area contributed by atoms with E-state index in [0.29, 0.717) is 6.04 Å². The van der Waals surface area contributed by atoms with Crippen molar-refractivity contribution in [3.63, 3.8) is 0 Å². The van der Waals surface area contributed by atoms with E-state index in [2.05, 4.69) is 4.99 Å². The van der Waals surface area contributed by atoms with E-state index < -0.39 is 0 Å². The quantitative estimate of drug-likeness (QED) is 0.568. The van der Waals surface area contributed by atoms with Crippen molar-refractivity contribution in [1.82, 2.24) is 0 Å². The molecule has 1 heterocycles. The van der Waals surface area contributed by atoms with Gasteiger partial charge in [0.05, 0.1) is 6.54 Å². The molecule has 0 spiro atoms. The molecule has 2 nitrogen and oxygen atoms in total. The van der Waals surface area contributed by atoms with Crippen LogP contribution in [-0.2, 0) is 0 Å². The average molecular weight is 164 g/mol. The van der Waals surface area contributed by atoms with Crippen molar-refractivity contribution in [2.75, 3.05) is 6.54 Å². The molecule has 0 unspecified atom stereocenters. The molecule has 0 aromatic rings. The summed E-state index contributed by atoms with van der Waals surface area (Å²) in [4.78, 5) is 8.98. The van der Waals surface area contributed by atoms with Gasteiger partial charge in [-0.15, -0.1) is 0 Å². The van der Waals surface area contributed by atoms with E-state index in [1.54, 1.807) is 0 Å². The highest BCUT2D eigenvalue weighted by Gasteiger charge is 2.14. The van der Waals surface area contributed by atoms with Crippen LogP contribution < -0.4 is 0 Å². The topological polar surface area (TPSA) is 24.7 Å². The number of hydrogen-bond donors (Lipinski definition) is 0. The van der Waals surface area contributed by atoms with Crippen LogP contribution >= 0.6 is 0 Å². The van der Waals surface area contributed by atoms with Gasteiger partial charge >= 0.3 is 0 Å². The van der Waals surface area contributed by atoms with Crippen molar-refractivity contribution in [1.29, 1.82) is 0 Å².